The van der Waals surface area contributed by atoms with E-state index in [1.807, 2.05) is 0 Å². The van der Waals surface area contributed by atoms with Gasteiger partial charge in [-0.1, -0.05) is 0 Å². The Morgan fingerprint density at radius 1 is 1.40 bits per heavy atom. The summed E-state index contributed by atoms with van der Waals surface area (Å²) in [7, 11) is 0. The van der Waals surface area contributed by atoms with E-state index >= 15 is 0 Å². The Morgan fingerprint density at radius 3 is 3.00 bits per heavy atom. The fraction of sp³-hybridized carbons (Fsp3) is 1.00. The Morgan fingerprint density at radius 2 is 2.40 bits per heavy atom. The molecular weight excluding hydrogens is 132 g/mol. The van der Waals surface area contributed by atoms with Gasteiger partial charge < -0.3 is 9.47 Å². The largest absolute Gasteiger partial charge is 0.365 e. The van der Waals surface area contributed by atoms with E-state index in [1.165, 1.54) is 0 Å². The van der Waals surface area contributed by atoms with Gasteiger partial charge in [-0.25, -0.2) is 4.90 Å². The molecule has 0 aromatic rings. The van der Waals surface area contributed by atoms with Crippen molar-refractivity contribution in [3.8, 4) is 0 Å². The SMILES string of the molecule is C1COC(N2CCOC2)N1. The molecule has 0 saturated carbocycles. The summed E-state index contributed by atoms with van der Waals surface area (Å²) in [5.41, 5.74) is 0. The van der Waals surface area contributed by atoms with Crippen molar-refractivity contribution in [1.82, 2.24) is 10.2 Å². The van der Waals surface area contributed by atoms with E-state index in [1.54, 1.807) is 0 Å². The molecule has 2 fully saturated rings. The lowest BCUT2D eigenvalue weighted by molar-refractivity contribution is -0.0389. The van der Waals surface area contributed by atoms with Crippen LogP contribution in [0.1, 0.15) is 0 Å². The van der Waals surface area contributed by atoms with Crippen LogP contribution in [-0.2, 0) is 9.47 Å². The predicted octanol–water partition coefficient (Wildman–Crippen LogP) is -0.820. The van der Waals surface area contributed by atoms with Gasteiger partial charge in [0.2, 0.25) is 0 Å². The summed E-state index contributed by atoms with van der Waals surface area (Å²) >= 11 is 0. The molecule has 4 heteroatoms. The minimum atomic E-state index is 0.113. The first kappa shape index (κ1) is 6.54. The molecule has 0 aromatic carbocycles. The zero-order valence-electron chi connectivity index (χ0n) is 5.88. The molecule has 2 aliphatic rings. The molecule has 2 rings (SSSR count). The number of rotatable bonds is 1. The summed E-state index contributed by atoms with van der Waals surface area (Å²) in [5, 5.41) is 3.22. The molecule has 0 amide bonds. The minimum absolute atomic E-state index is 0.113. The number of nitrogens with zero attached hydrogens (tertiary/aromatic N) is 1. The molecule has 0 spiro atoms. The van der Waals surface area contributed by atoms with Crippen LogP contribution in [0.15, 0.2) is 0 Å². The van der Waals surface area contributed by atoms with Gasteiger partial charge in [0, 0.05) is 13.1 Å². The third-order valence-electron chi connectivity index (χ3n) is 1.81. The maximum absolute atomic E-state index is 5.37. The Hall–Kier alpha value is -0.160. The maximum atomic E-state index is 5.37. The summed E-state index contributed by atoms with van der Waals surface area (Å²) in [6, 6.07) is 0. The molecule has 0 bridgehead atoms. The van der Waals surface area contributed by atoms with Crippen LogP contribution in [-0.4, -0.2) is 44.3 Å². The molecule has 4 nitrogen and oxygen atoms in total. The van der Waals surface area contributed by atoms with E-state index in [0.29, 0.717) is 6.73 Å². The van der Waals surface area contributed by atoms with Crippen molar-refractivity contribution in [2.45, 2.75) is 6.35 Å². The summed E-state index contributed by atoms with van der Waals surface area (Å²) in [4.78, 5) is 2.15. The van der Waals surface area contributed by atoms with Crippen LogP contribution in [0.3, 0.4) is 0 Å². The summed E-state index contributed by atoms with van der Waals surface area (Å²) in [6.07, 6.45) is 0.113. The highest BCUT2D eigenvalue weighted by Crippen LogP contribution is 2.07. The van der Waals surface area contributed by atoms with Crippen LogP contribution in [0.2, 0.25) is 0 Å². The first-order valence-electron chi connectivity index (χ1n) is 3.63. The smallest absolute Gasteiger partial charge is 0.167 e. The number of hydrogen-bond donors (Lipinski definition) is 1. The highest BCUT2D eigenvalue weighted by molar-refractivity contribution is 4.66. The molecule has 1 unspecified atom stereocenters. The quantitative estimate of drug-likeness (QED) is 0.521. The molecule has 2 saturated heterocycles. The van der Waals surface area contributed by atoms with Crippen LogP contribution in [0.5, 0.6) is 0 Å². The summed E-state index contributed by atoms with van der Waals surface area (Å²) in [6.45, 7) is 4.30. The number of ether oxygens (including phenoxy) is 2. The fourth-order valence-corrected chi connectivity index (χ4v) is 1.26. The van der Waals surface area contributed by atoms with Crippen molar-refractivity contribution in [1.29, 1.82) is 0 Å². The van der Waals surface area contributed by atoms with Gasteiger partial charge in [0.1, 0.15) is 6.73 Å². The maximum Gasteiger partial charge on any atom is 0.167 e. The van der Waals surface area contributed by atoms with E-state index in [-0.39, 0.29) is 6.35 Å². The Balaban J connectivity index is 1.85. The second-order valence-corrected chi connectivity index (χ2v) is 2.53. The van der Waals surface area contributed by atoms with Gasteiger partial charge in [0.15, 0.2) is 6.35 Å². The van der Waals surface area contributed by atoms with Crippen LogP contribution < -0.4 is 5.32 Å². The van der Waals surface area contributed by atoms with Crippen molar-refractivity contribution in [3.63, 3.8) is 0 Å². The predicted molar refractivity (Wildman–Crippen MR) is 35.3 cm³/mol. The van der Waals surface area contributed by atoms with Gasteiger partial charge in [0.05, 0.1) is 13.2 Å². The summed E-state index contributed by atoms with van der Waals surface area (Å²) in [5.74, 6) is 0. The Kier molecular flexibility index (Phi) is 1.86. The third kappa shape index (κ3) is 1.15. The fourth-order valence-electron chi connectivity index (χ4n) is 1.26. The van der Waals surface area contributed by atoms with Crippen molar-refractivity contribution >= 4 is 0 Å². The summed E-state index contributed by atoms with van der Waals surface area (Å²) < 4.78 is 10.5. The second kappa shape index (κ2) is 2.84. The molecule has 0 aromatic heterocycles. The van der Waals surface area contributed by atoms with E-state index in [0.717, 1.165) is 26.3 Å². The number of nitrogens with one attached hydrogen (secondary N) is 1. The lowest BCUT2D eigenvalue weighted by Gasteiger charge is -2.19. The third-order valence-corrected chi connectivity index (χ3v) is 1.81. The zero-order chi connectivity index (χ0) is 6.81. The zero-order valence-corrected chi connectivity index (χ0v) is 5.88. The average Bonchev–Trinajstić information content (AvgIpc) is 2.59. The highest BCUT2D eigenvalue weighted by atomic mass is 16.5. The van der Waals surface area contributed by atoms with E-state index in [4.69, 9.17) is 9.47 Å². The van der Waals surface area contributed by atoms with Crippen molar-refractivity contribution in [2.24, 2.45) is 0 Å². The average molecular weight is 144 g/mol. The molecule has 2 heterocycles. The van der Waals surface area contributed by atoms with E-state index < -0.39 is 0 Å². The lowest BCUT2D eigenvalue weighted by atomic mass is 10.6. The Bertz CT molecular complexity index is 94.3. The normalized spacial score (nSPS) is 35.4. The molecule has 1 N–H and O–H groups in total. The first-order chi connectivity index (χ1) is 4.97. The van der Waals surface area contributed by atoms with Gasteiger partial charge in [-0.05, 0) is 0 Å². The van der Waals surface area contributed by atoms with Crippen molar-refractivity contribution < 1.29 is 9.47 Å². The van der Waals surface area contributed by atoms with Crippen LogP contribution >= 0.6 is 0 Å². The first-order valence-corrected chi connectivity index (χ1v) is 3.63. The highest BCUT2D eigenvalue weighted by Gasteiger charge is 2.25. The molecule has 1 atom stereocenters. The standard InChI is InChI=1S/C6H12N2O2/c1-3-10-6(7-1)8-2-4-9-5-8/h6-7H,1-5H2. The molecule has 10 heavy (non-hydrogen) atoms. The van der Waals surface area contributed by atoms with E-state index in [2.05, 4.69) is 10.2 Å². The van der Waals surface area contributed by atoms with Gasteiger partial charge >= 0.3 is 0 Å². The van der Waals surface area contributed by atoms with Gasteiger partial charge in [0.25, 0.3) is 0 Å². The van der Waals surface area contributed by atoms with Crippen LogP contribution in [0, 0.1) is 0 Å². The second-order valence-electron chi connectivity index (χ2n) is 2.53. The molecule has 58 valence electrons. The topological polar surface area (TPSA) is 33.7 Å². The Labute approximate surface area is 60.1 Å². The molecular formula is C6H12N2O2. The van der Waals surface area contributed by atoms with Gasteiger partial charge in [-0.15, -0.1) is 0 Å². The van der Waals surface area contributed by atoms with Gasteiger partial charge in [-0.3, -0.25) is 5.32 Å². The number of hydrogen-bond acceptors (Lipinski definition) is 4. The minimum Gasteiger partial charge on any atom is -0.365 e. The van der Waals surface area contributed by atoms with E-state index in [9.17, 15) is 0 Å². The molecule has 0 radical (unpaired) electrons. The lowest BCUT2D eigenvalue weighted by Crippen LogP contribution is -2.41. The van der Waals surface area contributed by atoms with Gasteiger partial charge in [-0.2, -0.15) is 0 Å². The molecule has 0 aliphatic carbocycles. The molecule has 2 aliphatic heterocycles. The monoisotopic (exact) mass is 144 g/mol. The van der Waals surface area contributed by atoms with Crippen molar-refractivity contribution in [2.75, 3.05) is 33.0 Å². The van der Waals surface area contributed by atoms with Crippen LogP contribution in [0.4, 0.5) is 0 Å². The van der Waals surface area contributed by atoms with Crippen molar-refractivity contribution in [3.05, 3.63) is 0 Å². The van der Waals surface area contributed by atoms with Crippen LogP contribution in [0.25, 0.3) is 0 Å².